The maximum absolute atomic E-state index is 15.0. The lowest BCUT2D eigenvalue weighted by atomic mass is 9.59. The number of aromatic amines is 1. The van der Waals surface area contributed by atoms with Crippen LogP contribution in [0.3, 0.4) is 0 Å². The second-order valence-electron chi connectivity index (χ2n) is 23.6. The van der Waals surface area contributed by atoms with E-state index < -0.39 is 28.3 Å². The SMILES string of the molecule is COc1nc2[nH]cc(F)c2cc1Oc1cc(N2CCC3(CC2)CC(N2CC4CN(Cc5ccc(C)cc5)CC4C2c2ccccc2C(C)C)C3)ccc1C(=O)N(O)S(=O)c1cnc(NCC2CCC(C)(O)CC2)c(N(C)[O-])c1. The van der Waals surface area contributed by atoms with Gasteiger partial charge in [-0.1, -0.05) is 67.9 Å². The minimum Gasteiger partial charge on any atom is -0.758 e. The van der Waals surface area contributed by atoms with E-state index in [0.717, 1.165) is 83.5 Å². The van der Waals surface area contributed by atoms with Crippen LogP contribution in [-0.4, -0.2) is 115 Å². The fourth-order valence-electron chi connectivity index (χ4n) is 13.4. The first-order chi connectivity index (χ1) is 37.4. The number of amides is 1. The molecule has 2 saturated carbocycles. The van der Waals surface area contributed by atoms with Gasteiger partial charge >= 0.3 is 0 Å². The normalized spacial score (nSPS) is 23.9. The molecule has 6 heterocycles. The lowest BCUT2D eigenvalue weighted by Crippen LogP contribution is -2.55. The number of nitrogens with one attached hydrogen (secondary N) is 2. The topological polar surface area (TPSA) is 186 Å². The van der Waals surface area contributed by atoms with Crippen LogP contribution in [0.15, 0.2) is 96.2 Å². The van der Waals surface area contributed by atoms with E-state index in [1.807, 2.05) is 6.92 Å². The summed E-state index contributed by atoms with van der Waals surface area (Å²) < 4.78 is 41.1. The third-order valence-electron chi connectivity index (χ3n) is 17.8. The Morgan fingerprint density at radius 3 is 2.46 bits per heavy atom. The van der Waals surface area contributed by atoms with Crippen LogP contribution in [0, 0.1) is 41.1 Å². The van der Waals surface area contributed by atoms with Gasteiger partial charge in [0.25, 0.3) is 11.8 Å². The van der Waals surface area contributed by atoms with Gasteiger partial charge in [0.1, 0.15) is 23.0 Å². The van der Waals surface area contributed by atoms with Crippen molar-refractivity contribution >= 4 is 45.1 Å². The van der Waals surface area contributed by atoms with Gasteiger partial charge in [0.2, 0.25) is 0 Å². The Kier molecular flexibility index (Phi) is 15.1. The number of H-pyrrole nitrogens is 1. The first-order valence-electron chi connectivity index (χ1n) is 27.7. The van der Waals surface area contributed by atoms with Gasteiger partial charge in [0.05, 0.1) is 34.2 Å². The summed E-state index contributed by atoms with van der Waals surface area (Å²) in [6.07, 6.45) is 9.69. The summed E-state index contributed by atoms with van der Waals surface area (Å²) in [7, 11) is 0.149. The standard InChI is InChI=1S/C60H73FN9O7S/c1-37(2)45-9-7-8-10-46(45)54-49-36-67(33-40-13-11-38(3)12-14-40)34-41(49)35-69(54)43-28-60(29-43)21-23-68(24-22-60)42-15-16-47(52(25-42)77-53-27-48-50(61)32-64-55(48)65-57(53)76-6)58(71)70(74)78(75)44-26-51(66(5)73)56(63-31-44)62-30-39-17-19-59(4,72)20-18-39/h7-16,25-27,31-32,37,39,41,43,49,54,72,74H,17-24,28-30,33-36H2,1-6H3,(H,62,63)(H,64,65)/q-1. The van der Waals surface area contributed by atoms with Crippen LogP contribution in [0.5, 0.6) is 17.4 Å². The maximum atomic E-state index is 15.0. The molecule has 3 aromatic heterocycles. The number of pyridine rings is 2. The number of piperidine rings is 1. The average Bonchev–Trinajstić information content (AvgIpc) is 4.28. The molecule has 2 aliphatic carbocycles. The highest BCUT2D eigenvalue weighted by molar-refractivity contribution is 7.83. The number of aromatic nitrogens is 3. The summed E-state index contributed by atoms with van der Waals surface area (Å²) >= 11 is 0. The summed E-state index contributed by atoms with van der Waals surface area (Å²) in [6.45, 7) is 15.0. The van der Waals surface area contributed by atoms with Crippen LogP contribution in [0.25, 0.3) is 11.0 Å². The Bertz CT molecular complexity index is 3160. The van der Waals surface area contributed by atoms with Crippen LogP contribution in [-0.2, 0) is 17.5 Å². The Labute approximate surface area is 459 Å². The van der Waals surface area contributed by atoms with Crippen molar-refractivity contribution in [2.24, 2.45) is 23.2 Å². The number of aliphatic hydroxyl groups is 1. The molecule has 4 atom stereocenters. The van der Waals surface area contributed by atoms with Crippen molar-refractivity contribution in [3.05, 3.63) is 130 Å². The monoisotopic (exact) mass is 1080 g/mol. The smallest absolute Gasteiger partial charge is 0.293 e. The van der Waals surface area contributed by atoms with Gasteiger partial charge in [0, 0.05) is 88.1 Å². The van der Waals surface area contributed by atoms with Gasteiger partial charge in [-0.2, -0.15) is 4.98 Å². The van der Waals surface area contributed by atoms with Gasteiger partial charge in [-0.05, 0) is 136 Å². The van der Waals surface area contributed by atoms with Crippen LogP contribution in [0.1, 0.15) is 117 Å². The summed E-state index contributed by atoms with van der Waals surface area (Å²) in [5.74, 6) is 0.574. The number of hydrogen-bond acceptors (Lipinski definition) is 14. The number of nitrogens with zero attached hydrogens (tertiary/aromatic N) is 7. The number of aryl methyl sites for hydroxylation is 1. The van der Waals surface area contributed by atoms with E-state index in [-0.39, 0.29) is 66.2 Å². The summed E-state index contributed by atoms with van der Waals surface area (Å²) in [5, 5.41) is 38.6. The number of carbonyl (C=O) groups is 1. The Balaban J connectivity index is 0.804. The third kappa shape index (κ3) is 10.8. The Morgan fingerprint density at radius 1 is 1.00 bits per heavy atom. The van der Waals surface area contributed by atoms with Crippen molar-refractivity contribution < 1.29 is 33.2 Å². The predicted octanol–water partition coefficient (Wildman–Crippen LogP) is 10.7. The van der Waals surface area contributed by atoms with Crippen molar-refractivity contribution in [2.45, 2.75) is 114 Å². The minimum atomic E-state index is -2.54. The molecule has 3 aliphatic heterocycles. The molecule has 3 aromatic carbocycles. The Morgan fingerprint density at radius 2 is 1.74 bits per heavy atom. The largest absolute Gasteiger partial charge is 0.758 e. The quantitative estimate of drug-likeness (QED) is 0.0530. The zero-order chi connectivity index (χ0) is 54.6. The molecule has 414 valence electrons. The third-order valence-corrected chi connectivity index (χ3v) is 19.0. The van der Waals surface area contributed by atoms with E-state index in [1.165, 1.54) is 67.0 Å². The molecular weight excluding hydrogens is 1010 g/mol. The van der Waals surface area contributed by atoms with E-state index in [4.69, 9.17) is 9.47 Å². The van der Waals surface area contributed by atoms with E-state index >= 15 is 0 Å². The molecule has 16 nitrogen and oxygen atoms in total. The number of hydrogen-bond donors (Lipinski definition) is 4. The highest BCUT2D eigenvalue weighted by Gasteiger charge is 2.55. The number of fused-ring (bicyclic) bond motifs is 2. The van der Waals surface area contributed by atoms with Gasteiger partial charge in [-0.25, -0.2) is 13.6 Å². The lowest BCUT2D eigenvalue weighted by molar-refractivity contribution is -0.0294. The van der Waals surface area contributed by atoms with Gasteiger partial charge < -0.3 is 40.1 Å². The van der Waals surface area contributed by atoms with Crippen molar-refractivity contribution in [3.8, 4) is 17.4 Å². The van der Waals surface area contributed by atoms with Crippen LogP contribution < -0.4 is 24.8 Å². The minimum absolute atomic E-state index is 0.000415. The number of ether oxygens (including phenoxy) is 2. The van der Waals surface area contributed by atoms with Crippen molar-refractivity contribution in [1.82, 2.24) is 29.2 Å². The molecule has 0 radical (unpaired) electrons. The number of hydroxylamine groups is 2. The molecule has 0 bridgehead atoms. The molecule has 1 amide bonds. The van der Waals surface area contributed by atoms with E-state index in [2.05, 4.69) is 104 Å². The molecule has 4 unspecified atom stereocenters. The number of benzene rings is 3. The number of likely N-dealkylation sites (tertiary alicyclic amines) is 2. The molecule has 3 saturated heterocycles. The molecule has 4 N–H and O–H groups in total. The fraction of sp³-hybridized carbons (Fsp3) is 0.483. The van der Waals surface area contributed by atoms with Crippen LogP contribution in [0.4, 0.5) is 21.6 Å². The van der Waals surface area contributed by atoms with Gasteiger partial charge in [-0.15, -0.1) is 4.47 Å². The van der Waals surface area contributed by atoms with Gasteiger partial charge in [-0.3, -0.25) is 19.8 Å². The summed E-state index contributed by atoms with van der Waals surface area (Å²) in [4.78, 5) is 33.8. The number of halogens is 1. The van der Waals surface area contributed by atoms with Gasteiger partial charge in [0.15, 0.2) is 16.7 Å². The highest BCUT2D eigenvalue weighted by atomic mass is 32.2. The molecule has 5 fully saturated rings. The van der Waals surface area contributed by atoms with E-state index in [0.29, 0.717) is 54.3 Å². The molecule has 11 rings (SSSR count). The summed E-state index contributed by atoms with van der Waals surface area (Å²) in [6, 6.07) is 26.8. The molecule has 78 heavy (non-hydrogen) atoms. The highest BCUT2D eigenvalue weighted by Crippen LogP contribution is 2.57. The summed E-state index contributed by atoms with van der Waals surface area (Å²) in [5.41, 5.74) is 6.10. The predicted molar refractivity (Wildman–Crippen MR) is 301 cm³/mol. The first-order valence-corrected chi connectivity index (χ1v) is 28.8. The molecule has 6 aromatic rings. The van der Waals surface area contributed by atoms with Crippen LogP contribution in [0.2, 0.25) is 0 Å². The Hall–Kier alpha value is -6.15. The molecular formula is C60H73FN9O7S-. The zero-order valence-electron chi connectivity index (χ0n) is 45.6. The van der Waals surface area contributed by atoms with Crippen LogP contribution >= 0.6 is 0 Å². The van der Waals surface area contributed by atoms with Crippen molar-refractivity contribution in [2.75, 3.05) is 68.7 Å². The number of carbonyl (C=O) groups excluding carboxylic acids is 1. The molecule has 5 aliphatic rings. The fourth-order valence-corrected chi connectivity index (χ4v) is 14.2. The number of rotatable bonds is 16. The second kappa shape index (κ2) is 21.8. The first kappa shape index (κ1) is 53.8. The lowest BCUT2D eigenvalue weighted by Gasteiger charge is -2.56. The zero-order valence-corrected chi connectivity index (χ0v) is 46.4. The second-order valence-corrected chi connectivity index (χ2v) is 24.9. The molecule has 1 spiro atoms. The van der Waals surface area contributed by atoms with Crippen molar-refractivity contribution in [3.63, 3.8) is 0 Å². The van der Waals surface area contributed by atoms with E-state index in [9.17, 15) is 28.9 Å². The average molecular weight is 1080 g/mol. The van der Waals surface area contributed by atoms with E-state index in [1.54, 1.807) is 12.1 Å². The van der Waals surface area contributed by atoms with Crippen molar-refractivity contribution in [1.29, 1.82) is 0 Å². The molecule has 18 heteroatoms. The number of anilines is 3. The maximum Gasteiger partial charge on any atom is 0.293 e. The number of methoxy groups -OCH3 is 1.